The molecule has 0 aromatic heterocycles. The summed E-state index contributed by atoms with van der Waals surface area (Å²) in [7, 11) is -4.60. The first-order valence-corrected chi connectivity index (χ1v) is 7.38. The molecule has 1 aromatic rings. The Morgan fingerprint density at radius 1 is 1.24 bits per heavy atom. The van der Waals surface area contributed by atoms with Gasteiger partial charge in [0.2, 0.25) is 0 Å². The molecule has 1 aromatic carbocycles. The normalized spacial score (nSPS) is 23.3. The lowest BCUT2D eigenvalue weighted by Gasteiger charge is -2.33. The lowest BCUT2D eigenvalue weighted by molar-refractivity contribution is -0.291. The zero-order chi connectivity index (χ0) is 16.1. The van der Waals surface area contributed by atoms with Crippen LogP contribution in [0.2, 0.25) is 0 Å². The molecule has 9 heteroatoms. The van der Waals surface area contributed by atoms with Crippen LogP contribution in [0.4, 0.5) is 13.2 Å². The van der Waals surface area contributed by atoms with Crippen molar-refractivity contribution in [2.24, 2.45) is 5.10 Å². The van der Waals surface area contributed by atoms with Crippen molar-refractivity contribution in [3.05, 3.63) is 29.8 Å². The van der Waals surface area contributed by atoms with Gasteiger partial charge in [0, 0.05) is 12.1 Å². The number of aliphatic hydroxyl groups is 1. The van der Waals surface area contributed by atoms with Crippen LogP contribution < -0.4 is 0 Å². The topological polar surface area (TPSA) is 70.0 Å². The molecule has 1 atom stereocenters. The molecule has 0 saturated heterocycles. The SMILES string of the molecule is CC1=NN(S(=O)(=O)c2ccc(C)cc2)[C@](O)(C(F)(F)F)C1. The number of sulfonamides is 1. The Kier molecular flexibility index (Phi) is 3.53. The Morgan fingerprint density at radius 3 is 2.24 bits per heavy atom. The van der Waals surface area contributed by atoms with Crippen LogP contribution in [0.3, 0.4) is 0 Å². The Hall–Kier alpha value is -1.61. The highest BCUT2D eigenvalue weighted by Gasteiger charge is 2.64. The summed E-state index contributed by atoms with van der Waals surface area (Å²) < 4.78 is 63.5. The molecule has 116 valence electrons. The Labute approximate surface area is 119 Å². The van der Waals surface area contributed by atoms with E-state index in [-0.39, 0.29) is 15.0 Å². The first kappa shape index (κ1) is 15.8. The highest BCUT2D eigenvalue weighted by atomic mass is 32.2. The summed E-state index contributed by atoms with van der Waals surface area (Å²) in [6.07, 6.45) is -6.08. The van der Waals surface area contributed by atoms with Gasteiger partial charge < -0.3 is 5.11 Å². The molecular weight excluding hydrogens is 309 g/mol. The van der Waals surface area contributed by atoms with E-state index in [9.17, 15) is 26.7 Å². The van der Waals surface area contributed by atoms with E-state index in [2.05, 4.69) is 5.10 Å². The molecule has 0 amide bonds. The number of nitrogens with zero attached hydrogens (tertiary/aromatic N) is 2. The second kappa shape index (κ2) is 4.70. The van der Waals surface area contributed by atoms with E-state index in [0.29, 0.717) is 0 Å². The largest absolute Gasteiger partial charge is 0.439 e. The predicted molar refractivity (Wildman–Crippen MR) is 68.9 cm³/mol. The van der Waals surface area contributed by atoms with Crippen LogP contribution in [0, 0.1) is 6.92 Å². The van der Waals surface area contributed by atoms with E-state index >= 15 is 0 Å². The molecule has 2 rings (SSSR count). The zero-order valence-electron chi connectivity index (χ0n) is 11.2. The number of rotatable bonds is 2. The molecule has 1 aliphatic heterocycles. The average Bonchev–Trinajstić information content (AvgIpc) is 2.66. The van der Waals surface area contributed by atoms with Crippen LogP contribution in [-0.4, -0.2) is 35.6 Å². The first-order chi connectivity index (χ1) is 9.48. The molecular formula is C12H13F3N2O3S. The molecule has 0 saturated carbocycles. The maximum atomic E-state index is 13.0. The van der Waals surface area contributed by atoms with Crippen molar-refractivity contribution in [3.63, 3.8) is 0 Å². The molecule has 0 radical (unpaired) electrons. The van der Waals surface area contributed by atoms with E-state index in [1.165, 1.54) is 31.2 Å². The Balaban J connectivity index is 2.54. The second-order valence-electron chi connectivity index (χ2n) is 4.89. The van der Waals surface area contributed by atoms with Crippen LogP contribution in [0.25, 0.3) is 0 Å². The monoisotopic (exact) mass is 322 g/mol. The molecule has 0 bridgehead atoms. The molecule has 1 N–H and O–H groups in total. The molecule has 0 spiro atoms. The first-order valence-electron chi connectivity index (χ1n) is 5.94. The van der Waals surface area contributed by atoms with Crippen molar-refractivity contribution in [1.29, 1.82) is 0 Å². The van der Waals surface area contributed by atoms with Crippen LogP contribution in [0.1, 0.15) is 18.9 Å². The lowest BCUT2D eigenvalue weighted by Crippen LogP contribution is -2.56. The standard InChI is InChI=1S/C12H13F3N2O3S/c1-8-3-5-10(6-4-8)21(19,20)17-11(18,12(13,14)15)7-9(2)16-17/h3-6,18H,7H2,1-2H3/t11-/m1/s1. The molecule has 0 unspecified atom stereocenters. The van der Waals surface area contributed by atoms with E-state index in [4.69, 9.17) is 0 Å². The number of alkyl halides is 3. The summed E-state index contributed by atoms with van der Waals surface area (Å²) in [5.74, 6) is 0. The number of halogens is 3. The maximum absolute atomic E-state index is 13.0. The molecule has 5 nitrogen and oxygen atoms in total. The smallest absolute Gasteiger partial charge is 0.361 e. The van der Waals surface area contributed by atoms with Crippen LogP contribution in [-0.2, 0) is 10.0 Å². The fraction of sp³-hybridized carbons (Fsp3) is 0.417. The third-order valence-electron chi connectivity index (χ3n) is 3.08. The zero-order valence-corrected chi connectivity index (χ0v) is 12.0. The fourth-order valence-corrected chi connectivity index (χ4v) is 3.46. The van der Waals surface area contributed by atoms with Gasteiger partial charge in [-0.15, -0.1) is 4.41 Å². The minimum Gasteiger partial charge on any atom is -0.361 e. The van der Waals surface area contributed by atoms with Gasteiger partial charge in [0.1, 0.15) is 0 Å². The summed E-state index contributed by atoms with van der Waals surface area (Å²) >= 11 is 0. The molecule has 21 heavy (non-hydrogen) atoms. The van der Waals surface area contributed by atoms with Gasteiger partial charge in [0.15, 0.2) is 0 Å². The van der Waals surface area contributed by atoms with Crippen molar-refractivity contribution in [1.82, 2.24) is 4.41 Å². The van der Waals surface area contributed by atoms with Gasteiger partial charge in [0.05, 0.1) is 4.90 Å². The quantitative estimate of drug-likeness (QED) is 0.905. The summed E-state index contributed by atoms with van der Waals surface area (Å²) in [5, 5.41) is 13.2. The number of hydrazone groups is 1. The number of hydrogen-bond donors (Lipinski definition) is 1. The third kappa shape index (κ3) is 2.51. The maximum Gasteiger partial charge on any atom is 0.439 e. The predicted octanol–water partition coefficient (Wildman–Crippen LogP) is 2.02. The van der Waals surface area contributed by atoms with Gasteiger partial charge in [-0.2, -0.15) is 26.7 Å². The van der Waals surface area contributed by atoms with Gasteiger partial charge in [-0.3, -0.25) is 0 Å². The third-order valence-corrected chi connectivity index (χ3v) is 4.79. The van der Waals surface area contributed by atoms with Gasteiger partial charge in [-0.1, -0.05) is 17.7 Å². The van der Waals surface area contributed by atoms with Crippen LogP contribution in [0.5, 0.6) is 0 Å². The average molecular weight is 322 g/mol. The Bertz CT molecular complexity index is 683. The molecule has 0 aliphatic carbocycles. The lowest BCUT2D eigenvalue weighted by atomic mass is 10.1. The molecule has 1 heterocycles. The van der Waals surface area contributed by atoms with Gasteiger partial charge in [0.25, 0.3) is 15.7 Å². The summed E-state index contributed by atoms with van der Waals surface area (Å²) in [4.78, 5) is -0.366. The van der Waals surface area contributed by atoms with Crippen molar-refractivity contribution in [3.8, 4) is 0 Å². The highest BCUT2D eigenvalue weighted by molar-refractivity contribution is 7.89. The Morgan fingerprint density at radius 2 is 1.76 bits per heavy atom. The highest BCUT2D eigenvalue weighted by Crippen LogP contribution is 2.42. The van der Waals surface area contributed by atoms with Gasteiger partial charge in [-0.05, 0) is 26.0 Å². The summed E-state index contributed by atoms with van der Waals surface area (Å²) in [6, 6.07) is 5.24. The molecule has 1 aliphatic rings. The minimum atomic E-state index is -5.16. The number of aryl methyl sites for hydroxylation is 1. The number of hydrogen-bond acceptors (Lipinski definition) is 4. The van der Waals surface area contributed by atoms with Crippen LogP contribution >= 0.6 is 0 Å². The van der Waals surface area contributed by atoms with E-state index in [0.717, 1.165) is 5.56 Å². The van der Waals surface area contributed by atoms with E-state index in [1.807, 2.05) is 0 Å². The fourth-order valence-electron chi connectivity index (χ4n) is 1.97. The van der Waals surface area contributed by atoms with E-state index < -0.39 is 28.3 Å². The van der Waals surface area contributed by atoms with E-state index in [1.54, 1.807) is 6.92 Å². The van der Waals surface area contributed by atoms with Crippen molar-refractivity contribution in [2.75, 3.05) is 0 Å². The number of benzene rings is 1. The van der Waals surface area contributed by atoms with Crippen LogP contribution in [0.15, 0.2) is 34.3 Å². The van der Waals surface area contributed by atoms with Crippen molar-refractivity contribution >= 4 is 15.7 Å². The summed E-state index contributed by atoms with van der Waals surface area (Å²) in [6.45, 7) is 2.93. The minimum absolute atomic E-state index is 0.120. The van der Waals surface area contributed by atoms with Gasteiger partial charge >= 0.3 is 6.18 Å². The second-order valence-corrected chi connectivity index (χ2v) is 6.65. The van der Waals surface area contributed by atoms with Gasteiger partial charge in [-0.25, -0.2) is 0 Å². The summed E-state index contributed by atoms with van der Waals surface area (Å²) in [5.41, 5.74) is -2.92. The molecule has 0 fully saturated rings. The van der Waals surface area contributed by atoms with Crippen molar-refractivity contribution in [2.45, 2.75) is 37.1 Å². The van der Waals surface area contributed by atoms with Crippen molar-refractivity contribution < 1.29 is 26.7 Å².